The summed E-state index contributed by atoms with van der Waals surface area (Å²) in [6.45, 7) is -0.168. The molecule has 0 aliphatic rings. The molecule has 0 unspecified atom stereocenters. The summed E-state index contributed by atoms with van der Waals surface area (Å²) in [6, 6.07) is 21.8. The summed E-state index contributed by atoms with van der Waals surface area (Å²) < 4.78 is 11.0. The number of aromatic nitrogens is 1. The summed E-state index contributed by atoms with van der Waals surface area (Å²) in [5.41, 5.74) is 2.98. The second-order valence-electron chi connectivity index (χ2n) is 5.76. The van der Waals surface area contributed by atoms with Crippen molar-refractivity contribution in [3.8, 4) is 28.3 Å². The lowest BCUT2D eigenvalue weighted by Crippen LogP contribution is -1.92. The molecule has 4 nitrogen and oxygen atoms in total. The number of hydrogen-bond donors (Lipinski definition) is 1. The lowest BCUT2D eigenvalue weighted by atomic mass is 10.00. The largest absolute Gasteiger partial charge is 0.496 e. The lowest BCUT2D eigenvalue weighted by Gasteiger charge is -2.07. The van der Waals surface area contributed by atoms with Crippen molar-refractivity contribution >= 4 is 10.8 Å². The third kappa shape index (κ3) is 2.66. The molecule has 25 heavy (non-hydrogen) atoms. The first-order chi connectivity index (χ1) is 12.3. The van der Waals surface area contributed by atoms with Gasteiger partial charge in [0.2, 0.25) is 0 Å². The number of benzene rings is 3. The third-order valence-corrected chi connectivity index (χ3v) is 4.32. The molecule has 0 aliphatic carbocycles. The van der Waals surface area contributed by atoms with Gasteiger partial charge in [-0.3, -0.25) is 0 Å². The van der Waals surface area contributed by atoms with Crippen LogP contribution < -0.4 is 4.74 Å². The number of aliphatic hydroxyl groups excluding tert-OH is 1. The third-order valence-electron chi connectivity index (χ3n) is 4.32. The van der Waals surface area contributed by atoms with Crippen LogP contribution >= 0.6 is 0 Å². The van der Waals surface area contributed by atoms with Crippen LogP contribution in [-0.2, 0) is 6.61 Å². The SMILES string of the molecule is COc1ccccc1-c1onc(-c2ccc3ccccc3c2)c1CO. The zero-order valence-corrected chi connectivity index (χ0v) is 13.8. The topological polar surface area (TPSA) is 55.5 Å². The summed E-state index contributed by atoms with van der Waals surface area (Å²) in [5, 5.41) is 16.4. The Bertz CT molecular complexity index is 1040. The number of nitrogens with zero attached hydrogens (tertiary/aromatic N) is 1. The second-order valence-corrected chi connectivity index (χ2v) is 5.76. The Hall–Kier alpha value is -3.11. The summed E-state index contributed by atoms with van der Waals surface area (Å²) in [5.74, 6) is 1.21. The molecular weight excluding hydrogens is 314 g/mol. The van der Waals surface area contributed by atoms with Gasteiger partial charge in [-0.25, -0.2) is 0 Å². The first kappa shape index (κ1) is 15.4. The molecule has 4 rings (SSSR count). The van der Waals surface area contributed by atoms with Crippen LogP contribution in [0.1, 0.15) is 5.56 Å². The van der Waals surface area contributed by atoms with E-state index in [1.54, 1.807) is 7.11 Å². The van der Waals surface area contributed by atoms with Crippen molar-refractivity contribution in [1.29, 1.82) is 0 Å². The van der Waals surface area contributed by atoms with Crippen molar-refractivity contribution in [2.75, 3.05) is 7.11 Å². The highest BCUT2D eigenvalue weighted by Gasteiger charge is 2.20. The monoisotopic (exact) mass is 331 g/mol. The van der Waals surface area contributed by atoms with Crippen LogP contribution in [0.5, 0.6) is 5.75 Å². The average molecular weight is 331 g/mol. The van der Waals surface area contributed by atoms with Gasteiger partial charge in [0, 0.05) is 5.56 Å². The van der Waals surface area contributed by atoms with E-state index in [4.69, 9.17) is 9.26 Å². The number of para-hydroxylation sites is 1. The number of aliphatic hydroxyl groups is 1. The number of fused-ring (bicyclic) bond motifs is 1. The highest BCUT2D eigenvalue weighted by atomic mass is 16.5. The molecule has 0 fully saturated rings. The first-order valence-corrected chi connectivity index (χ1v) is 8.04. The van der Waals surface area contributed by atoms with E-state index in [-0.39, 0.29) is 6.61 Å². The maximum Gasteiger partial charge on any atom is 0.176 e. The molecule has 3 aromatic carbocycles. The molecule has 0 aliphatic heterocycles. The molecule has 1 N–H and O–H groups in total. The molecule has 0 radical (unpaired) electrons. The number of ether oxygens (including phenoxy) is 1. The smallest absolute Gasteiger partial charge is 0.176 e. The molecule has 0 saturated heterocycles. The van der Waals surface area contributed by atoms with Gasteiger partial charge in [0.1, 0.15) is 11.4 Å². The van der Waals surface area contributed by atoms with Gasteiger partial charge in [0.15, 0.2) is 5.76 Å². The van der Waals surface area contributed by atoms with Gasteiger partial charge in [-0.2, -0.15) is 0 Å². The van der Waals surface area contributed by atoms with E-state index in [1.165, 1.54) is 0 Å². The molecule has 0 saturated carbocycles. The van der Waals surface area contributed by atoms with Crippen LogP contribution in [0.3, 0.4) is 0 Å². The fraction of sp³-hybridized carbons (Fsp3) is 0.0952. The minimum Gasteiger partial charge on any atom is -0.496 e. The van der Waals surface area contributed by atoms with Crippen molar-refractivity contribution in [3.05, 3.63) is 72.3 Å². The molecule has 1 heterocycles. The van der Waals surface area contributed by atoms with E-state index in [1.807, 2.05) is 48.5 Å². The predicted octanol–water partition coefficient (Wildman–Crippen LogP) is 4.66. The molecular formula is C21H17NO3. The molecule has 0 bridgehead atoms. The maximum absolute atomic E-state index is 9.95. The van der Waals surface area contributed by atoms with E-state index in [9.17, 15) is 5.11 Å². The fourth-order valence-corrected chi connectivity index (χ4v) is 3.06. The van der Waals surface area contributed by atoms with E-state index in [2.05, 4.69) is 23.4 Å². The number of hydrogen-bond acceptors (Lipinski definition) is 4. The average Bonchev–Trinajstić information content (AvgIpc) is 3.11. The van der Waals surface area contributed by atoms with E-state index in [0.29, 0.717) is 22.8 Å². The van der Waals surface area contributed by atoms with Gasteiger partial charge >= 0.3 is 0 Å². The summed E-state index contributed by atoms with van der Waals surface area (Å²) in [7, 11) is 1.61. The summed E-state index contributed by atoms with van der Waals surface area (Å²) in [4.78, 5) is 0. The Kier molecular flexibility index (Phi) is 3.96. The maximum atomic E-state index is 9.95. The zero-order chi connectivity index (χ0) is 17.2. The first-order valence-electron chi connectivity index (χ1n) is 8.04. The highest BCUT2D eigenvalue weighted by molar-refractivity contribution is 5.88. The van der Waals surface area contributed by atoms with Crippen LogP contribution in [0.4, 0.5) is 0 Å². The van der Waals surface area contributed by atoms with E-state index >= 15 is 0 Å². The highest BCUT2D eigenvalue weighted by Crippen LogP contribution is 2.37. The van der Waals surface area contributed by atoms with E-state index in [0.717, 1.165) is 21.9 Å². The Morgan fingerprint density at radius 3 is 2.52 bits per heavy atom. The molecule has 0 spiro atoms. The van der Waals surface area contributed by atoms with Crippen LogP contribution in [0.2, 0.25) is 0 Å². The van der Waals surface area contributed by atoms with Gasteiger partial charge < -0.3 is 14.4 Å². The Balaban J connectivity index is 1.87. The quantitative estimate of drug-likeness (QED) is 0.591. The van der Waals surface area contributed by atoms with Crippen molar-refractivity contribution in [2.45, 2.75) is 6.61 Å². The van der Waals surface area contributed by atoms with Gasteiger partial charge in [-0.1, -0.05) is 53.7 Å². The summed E-state index contributed by atoms with van der Waals surface area (Å²) >= 11 is 0. The molecule has 124 valence electrons. The van der Waals surface area contributed by atoms with Crippen molar-refractivity contribution < 1.29 is 14.4 Å². The van der Waals surface area contributed by atoms with Gasteiger partial charge in [0.05, 0.1) is 24.8 Å². The Labute approximate surface area is 145 Å². The number of rotatable bonds is 4. The molecule has 1 aromatic heterocycles. The van der Waals surface area contributed by atoms with Gasteiger partial charge in [0.25, 0.3) is 0 Å². The number of methoxy groups -OCH3 is 1. The van der Waals surface area contributed by atoms with Crippen molar-refractivity contribution in [1.82, 2.24) is 5.16 Å². The van der Waals surface area contributed by atoms with Crippen LogP contribution in [0, 0.1) is 0 Å². The summed E-state index contributed by atoms with van der Waals surface area (Å²) in [6.07, 6.45) is 0. The Morgan fingerprint density at radius 1 is 0.960 bits per heavy atom. The van der Waals surface area contributed by atoms with Crippen molar-refractivity contribution in [3.63, 3.8) is 0 Å². The minimum atomic E-state index is -0.168. The van der Waals surface area contributed by atoms with Crippen molar-refractivity contribution in [2.24, 2.45) is 0 Å². The van der Waals surface area contributed by atoms with Gasteiger partial charge in [-0.15, -0.1) is 0 Å². The molecule has 0 atom stereocenters. The Morgan fingerprint density at radius 2 is 1.72 bits per heavy atom. The minimum absolute atomic E-state index is 0.168. The predicted molar refractivity (Wildman–Crippen MR) is 97.4 cm³/mol. The molecule has 4 aromatic rings. The zero-order valence-electron chi connectivity index (χ0n) is 13.8. The normalized spacial score (nSPS) is 11.0. The fourth-order valence-electron chi connectivity index (χ4n) is 3.06. The molecule has 4 heteroatoms. The second kappa shape index (κ2) is 6.42. The lowest BCUT2D eigenvalue weighted by molar-refractivity contribution is 0.281. The standard InChI is InChI=1S/C21H17NO3/c1-24-19-9-5-4-8-17(19)21-18(13-23)20(22-25-21)16-11-10-14-6-2-3-7-15(14)12-16/h2-12,23H,13H2,1H3. The molecule has 0 amide bonds. The van der Waals surface area contributed by atoms with E-state index < -0.39 is 0 Å². The van der Waals surface area contributed by atoms with Crippen LogP contribution in [0.25, 0.3) is 33.4 Å². The van der Waals surface area contributed by atoms with Crippen LogP contribution in [-0.4, -0.2) is 17.4 Å². The van der Waals surface area contributed by atoms with Gasteiger partial charge in [-0.05, 0) is 29.0 Å². The van der Waals surface area contributed by atoms with Crippen LogP contribution in [0.15, 0.2) is 71.3 Å².